The molecule has 218 valence electrons. The van der Waals surface area contributed by atoms with Gasteiger partial charge in [0, 0.05) is 18.7 Å². The first-order valence-corrected chi connectivity index (χ1v) is 14.6. The van der Waals surface area contributed by atoms with Crippen LogP contribution in [0.2, 0.25) is 0 Å². The highest BCUT2D eigenvalue weighted by atomic mass is 32.1. The second kappa shape index (κ2) is 11.9. The number of hydrogen-bond donors (Lipinski definition) is 4. The predicted molar refractivity (Wildman–Crippen MR) is 148 cm³/mol. The van der Waals surface area contributed by atoms with Gasteiger partial charge < -0.3 is 26.3 Å². The van der Waals surface area contributed by atoms with E-state index >= 15 is 0 Å². The fourth-order valence-electron chi connectivity index (χ4n) is 6.85. The minimum atomic E-state index is -1.28. The van der Waals surface area contributed by atoms with Crippen LogP contribution >= 0.6 is 11.5 Å². The van der Waals surface area contributed by atoms with Crippen LogP contribution in [0.3, 0.4) is 0 Å². The van der Waals surface area contributed by atoms with Crippen LogP contribution in [0, 0.1) is 30.6 Å². The van der Waals surface area contributed by atoms with Crippen LogP contribution in [0.15, 0.2) is 23.1 Å². The average Bonchev–Trinajstić information content (AvgIpc) is 3.36. The van der Waals surface area contributed by atoms with Gasteiger partial charge in [-0.15, -0.1) is 5.10 Å². The van der Waals surface area contributed by atoms with E-state index in [-0.39, 0.29) is 35.5 Å². The lowest BCUT2D eigenvalue weighted by Gasteiger charge is -2.54. The number of Topliss-reactive ketones (excluding diaryl/α,β-unsaturated/α-hetero) is 1. The summed E-state index contributed by atoms with van der Waals surface area (Å²) < 4.78 is 4.92. The Morgan fingerprint density at radius 1 is 1.10 bits per heavy atom. The number of aromatic nitrogens is 3. The molecular weight excluding hydrogens is 550 g/mol. The molecule has 41 heavy (non-hydrogen) atoms. The van der Waals surface area contributed by atoms with Crippen LogP contribution in [-0.2, 0) is 25.7 Å². The van der Waals surface area contributed by atoms with Gasteiger partial charge in [0.25, 0.3) is 17.4 Å². The Balaban J connectivity index is 1.24. The van der Waals surface area contributed by atoms with Crippen molar-refractivity contribution in [3.8, 4) is 0 Å². The van der Waals surface area contributed by atoms with Gasteiger partial charge in [0.05, 0.1) is 5.69 Å². The van der Waals surface area contributed by atoms with Crippen LogP contribution in [-0.4, -0.2) is 55.6 Å². The number of aryl methyl sites for hydroxylation is 1. The molecule has 4 saturated carbocycles. The highest BCUT2D eigenvalue weighted by molar-refractivity contribution is 7.08. The number of carbonyl (C=O) groups is 5. The van der Waals surface area contributed by atoms with Gasteiger partial charge in [0.2, 0.25) is 17.6 Å². The van der Waals surface area contributed by atoms with E-state index < -0.39 is 41.5 Å². The fraction of sp³-hybridized carbons (Fsp3) is 0.556. The number of anilines is 1. The monoisotopic (exact) mass is 583 g/mol. The number of rotatable bonds is 11. The van der Waals surface area contributed by atoms with Gasteiger partial charge in [-0.05, 0) is 92.8 Å². The Kier molecular flexibility index (Phi) is 8.29. The molecule has 0 radical (unpaired) electrons. The van der Waals surface area contributed by atoms with Gasteiger partial charge in [-0.1, -0.05) is 4.49 Å². The summed E-state index contributed by atoms with van der Waals surface area (Å²) in [6, 6.07) is 1.78. The maximum absolute atomic E-state index is 13.2. The first-order valence-electron chi connectivity index (χ1n) is 13.8. The van der Waals surface area contributed by atoms with Crippen LogP contribution < -0.4 is 27.2 Å². The Hall–Kier alpha value is -3.94. The van der Waals surface area contributed by atoms with Gasteiger partial charge in [0.1, 0.15) is 23.2 Å². The molecule has 4 aliphatic rings. The topological polar surface area (TPSA) is 195 Å². The summed E-state index contributed by atoms with van der Waals surface area (Å²) in [6.07, 6.45) is 6.77. The van der Waals surface area contributed by atoms with Gasteiger partial charge in [-0.25, -0.2) is 0 Å². The van der Waals surface area contributed by atoms with Crippen molar-refractivity contribution in [3.63, 3.8) is 0 Å². The number of primary amides is 1. The lowest BCUT2D eigenvalue weighted by molar-refractivity contribution is -0.136. The third-order valence-corrected chi connectivity index (χ3v) is 9.39. The number of nitrogens with one attached hydrogen (secondary N) is 3. The molecule has 14 heteroatoms. The normalized spacial score (nSPS) is 24.9. The van der Waals surface area contributed by atoms with Crippen molar-refractivity contribution < 1.29 is 24.0 Å². The first-order chi connectivity index (χ1) is 19.6. The minimum Gasteiger partial charge on any atom is -0.363 e. The summed E-state index contributed by atoms with van der Waals surface area (Å²) >= 11 is 0.837. The molecule has 4 fully saturated rings. The number of nitrogens with two attached hydrogens (primary N) is 1. The summed E-state index contributed by atoms with van der Waals surface area (Å²) in [4.78, 5) is 75.2. The zero-order valence-corrected chi connectivity index (χ0v) is 23.4. The molecule has 13 nitrogen and oxygen atoms in total. The Morgan fingerprint density at radius 3 is 2.39 bits per heavy atom. The third kappa shape index (κ3) is 6.37. The molecule has 4 bridgehead atoms. The molecule has 1 atom stereocenters. The molecule has 5 N–H and O–H groups in total. The molecular formula is C27H33N7O6S. The predicted octanol–water partition coefficient (Wildman–Crippen LogP) is 0.521. The number of amides is 4. The smallest absolute Gasteiger partial charge is 0.284 e. The van der Waals surface area contributed by atoms with E-state index in [1.54, 1.807) is 6.92 Å². The Morgan fingerprint density at radius 2 is 1.78 bits per heavy atom. The van der Waals surface area contributed by atoms with E-state index in [9.17, 15) is 28.8 Å². The summed E-state index contributed by atoms with van der Waals surface area (Å²) in [6.45, 7) is 1.38. The van der Waals surface area contributed by atoms with E-state index in [2.05, 4.69) is 25.5 Å². The number of nitrogens with zero attached hydrogens (tertiary/aromatic N) is 3. The van der Waals surface area contributed by atoms with Crippen molar-refractivity contribution in [2.75, 3.05) is 5.32 Å². The van der Waals surface area contributed by atoms with Crippen LogP contribution in [0.5, 0.6) is 0 Å². The lowest BCUT2D eigenvalue weighted by atomic mass is 9.54. The highest BCUT2D eigenvalue weighted by Crippen LogP contribution is 2.53. The number of hydrogen-bond acceptors (Lipinski definition) is 9. The quantitative estimate of drug-likeness (QED) is 0.275. The van der Waals surface area contributed by atoms with E-state index in [1.807, 2.05) is 0 Å². The molecule has 0 unspecified atom stereocenters. The highest BCUT2D eigenvalue weighted by Gasteiger charge is 2.48. The van der Waals surface area contributed by atoms with Crippen molar-refractivity contribution in [1.29, 1.82) is 0 Å². The molecule has 2 aromatic heterocycles. The molecule has 4 amide bonds. The Bertz CT molecular complexity index is 1410. The molecule has 0 saturated heterocycles. The van der Waals surface area contributed by atoms with Gasteiger partial charge in [-0.3, -0.25) is 28.8 Å². The molecule has 0 spiro atoms. The molecule has 2 heterocycles. The van der Waals surface area contributed by atoms with Crippen molar-refractivity contribution in [2.45, 2.75) is 70.5 Å². The number of carbonyl (C=O) groups excluding carboxylic acids is 5. The van der Waals surface area contributed by atoms with E-state index in [0.29, 0.717) is 17.5 Å². The molecule has 2 aromatic rings. The Labute approximate surface area is 239 Å². The molecule has 4 aliphatic carbocycles. The summed E-state index contributed by atoms with van der Waals surface area (Å²) in [5.41, 5.74) is 4.68. The average molecular weight is 584 g/mol. The third-order valence-electron chi connectivity index (χ3n) is 8.56. The van der Waals surface area contributed by atoms with E-state index in [0.717, 1.165) is 49.1 Å². The van der Waals surface area contributed by atoms with Gasteiger partial charge in [-0.2, -0.15) is 0 Å². The van der Waals surface area contributed by atoms with Crippen LogP contribution in [0.25, 0.3) is 0 Å². The van der Waals surface area contributed by atoms with Gasteiger partial charge in [0.15, 0.2) is 0 Å². The van der Waals surface area contributed by atoms with Gasteiger partial charge >= 0.3 is 0 Å². The van der Waals surface area contributed by atoms with Crippen molar-refractivity contribution in [1.82, 2.24) is 24.8 Å². The molecule has 0 aliphatic heterocycles. The molecule has 6 rings (SSSR count). The summed E-state index contributed by atoms with van der Waals surface area (Å²) in [5.74, 6) is -1.19. The number of pyridine rings is 1. The van der Waals surface area contributed by atoms with E-state index in [1.165, 1.54) is 29.3 Å². The maximum Gasteiger partial charge on any atom is 0.284 e. The standard InChI is InChI=1S/C27H33N7O6S/c1-13-23(41-33-32-13)26(39)29-18(4-5-20(35)24(28)37)25(38)30-19-3-2-6-34(27(19)40)12-21(36)31-22-16-8-14-7-15(10-16)11-17(22)9-14/h2-3,6,14-18,22H,4-5,7-12H2,1H3,(H2,28,37)(H,29,39)(H,30,38)(H,31,36)/t14?,15?,16?,17?,18-,22?/m0/s1. The zero-order chi connectivity index (χ0) is 29.3. The zero-order valence-electron chi connectivity index (χ0n) is 22.6. The van der Waals surface area contributed by atoms with Crippen molar-refractivity contribution in [3.05, 3.63) is 39.3 Å². The van der Waals surface area contributed by atoms with Crippen LogP contribution in [0.4, 0.5) is 5.69 Å². The maximum atomic E-state index is 13.2. The van der Waals surface area contributed by atoms with E-state index in [4.69, 9.17) is 5.73 Å². The molecule has 0 aromatic carbocycles. The number of ketones is 1. The first kappa shape index (κ1) is 28.6. The van der Waals surface area contributed by atoms with Crippen LogP contribution in [0.1, 0.15) is 60.3 Å². The van der Waals surface area contributed by atoms with Crippen molar-refractivity contribution in [2.24, 2.45) is 29.4 Å². The van der Waals surface area contributed by atoms with Crippen molar-refractivity contribution >= 4 is 46.6 Å². The SMILES string of the molecule is Cc1nnsc1C(=O)N[C@@H](CCC(=O)C(N)=O)C(=O)Nc1cccn(CC(=O)NC2C3CC4CC(C3)CC2C4)c1=O. The largest absolute Gasteiger partial charge is 0.363 e. The minimum absolute atomic E-state index is 0.101. The lowest BCUT2D eigenvalue weighted by Crippen LogP contribution is -2.56. The fourth-order valence-corrected chi connectivity index (χ4v) is 7.41. The second-order valence-electron chi connectivity index (χ2n) is 11.4. The second-order valence-corrected chi connectivity index (χ2v) is 12.2. The summed E-state index contributed by atoms with van der Waals surface area (Å²) in [5, 5.41) is 12.0. The summed E-state index contributed by atoms with van der Waals surface area (Å²) in [7, 11) is 0.